The van der Waals surface area contributed by atoms with Gasteiger partial charge in [0.05, 0.1) is 5.60 Å². The van der Waals surface area contributed by atoms with Gasteiger partial charge in [0.25, 0.3) is 0 Å². The quantitative estimate of drug-likeness (QED) is 0.630. The average Bonchev–Trinajstić information content (AvgIpc) is 2.03. The van der Waals surface area contributed by atoms with Gasteiger partial charge in [-0.1, -0.05) is 33.1 Å². The second kappa shape index (κ2) is 4.27. The fraction of sp³-hybridized carbons (Fsp3) is 0.909. The molecular formula is C11H21O. The highest BCUT2D eigenvalue weighted by Gasteiger charge is 2.27. The van der Waals surface area contributed by atoms with Crippen molar-refractivity contribution in [1.82, 2.24) is 0 Å². The number of hydrogen-bond acceptors (Lipinski definition) is 1. The summed E-state index contributed by atoms with van der Waals surface area (Å²) in [6.07, 6.45) is 6.25. The standard InChI is InChI=1S/C11H21O/c1-10(2)9-12-11(3)7-5-4-6-8-11/h10H,3-9H2,1-2H3. The third-order valence-corrected chi connectivity index (χ3v) is 2.49. The van der Waals surface area contributed by atoms with Crippen molar-refractivity contribution in [3.8, 4) is 0 Å². The van der Waals surface area contributed by atoms with E-state index in [1.807, 2.05) is 0 Å². The molecule has 1 nitrogen and oxygen atoms in total. The Morgan fingerprint density at radius 1 is 1.25 bits per heavy atom. The van der Waals surface area contributed by atoms with Gasteiger partial charge >= 0.3 is 0 Å². The molecule has 0 heterocycles. The van der Waals surface area contributed by atoms with Gasteiger partial charge in [-0.3, -0.25) is 0 Å². The third-order valence-electron chi connectivity index (χ3n) is 2.49. The molecule has 0 aromatic rings. The summed E-state index contributed by atoms with van der Waals surface area (Å²) in [5, 5.41) is 0. The van der Waals surface area contributed by atoms with Crippen molar-refractivity contribution in [3.63, 3.8) is 0 Å². The Morgan fingerprint density at radius 2 is 1.83 bits per heavy atom. The number of ether oxygens (including phenoxy) is 1. The average molecular weight is 169 g/mol. The highest BCUT2D eigenvalue weighted by atomic mass is 16.5. The predicted molar refractivity (Wildman–Crippen MR) is 52.0 cm³/mol. The van der Waals surface area contributed by atoms with Crippen LogP contribution in [-0.2, 0) is 4.74 Å². The zero-order valence-electron chi connectivity index (χ0n) is 8.44. The summed E-state index contributed by atoms with van der Waals surface area (Å²) in [7, 11) is 0. The zero-order chi connectivity index (χ0) is 9.03. The summed E-state index contributed by atoms with van der Waals surface area (Å²) >= 11 is 0. The van der Waals surface area contributed by atoms with E-state index < -0.39 is 0 Å². The van der Waals surface area contributed by atoms with Crippen LogP contribution < -0.4 is 0 Å². The Hall–Kier alpha value is -0.0400. The van der Waals surface area contributed by atoms with E-state index in [-0.39, 0.29) is 5.60 Å². The molecule has 0 N–H and O–H groups in total. The van der Waals surface area contributed by atoms with Crippen molar-refractivity contribution in [2.75, 3.05) is 6.61 Å². The van der Waals surface area contributed by atoms with Gasteiger partial charge in [0.15, 0.2) is 0 Å². The van der Waals surface area contributed by atoms with Crippen molar-refractivity contribution in [2.45, 2.75) is 51.6 Å². The first-order chi connectivity index (χ1) is 5.62. The minimum absolute atomic E-state index is 0.0392. The first-order valence-corrected chi connectivity index (χ1v) is 5.12. The van der Waals surface area contributed by atoms with E-state index in [9.17, 15) is 0 Å². The summed E-state index contributed by atoms with van der Waals surface area (Å²) in [5.74, 6) is 0.630. The predicted octanol–water partition coefficient (Wildman–Crippen LogP) is 3.20. The van der Waals surface area contributed by atoms with Crippen LogP contribution in [0.4, 0.5) is 0 Å². The largest absolute Gasteiger partial charge is 0.375 e. The molecule has 0 amide bonds. The van der Waals surface area contributed by atoms with E-state index in [0.717, 1.165) is 19.4 Å². The van der Waals surface area contributed by atoms with Crippen LogP contribution in [0.3, 0.4) is 0 Å². The third kappa shape index (κ3) is 3.14. The van der Waals surface area contributed by atoms with Crippen molar-refractivity contribution >= 4 is 0 Å². The van der Waals surface area contributed by atoms with Crippen molar-refractivity contribution in [3.05, 3.63) is 6.92 Å². The first kappa shape index (κ1) is 10.0. The summed E-state index contributed by atoms with van der Waals surface area (Å²) in [4.78, 5) is 0. The van der Waals surface area contributed by atoms with E-state index in [2.05, 4.69) is 20.8 Å². The summed E-state index contributed by atoms with van der Waals surface area (Å²) < 4.78 is 5.82. The fourth-order valence-electron chi connectivity index (χ4n) is 1.68. The molecule has 0 atom stereocenters. The monoisotopic (exact) mass is 169 g/mol. The fourth-order valence-corrected chi connectivity index (χ4v) is 1.68. The maximum atomic E-state index is 5.82. The van der Waals surface area contributed by atoms with Gasteiger partial charge in [0, 0.05) is 6.61 Å². The van der Waals surface area contributed by atoms with Gasteiger partial charge in [-0.05, 0) is 25.7 Å². The minimum atomic E-state index is -0.0392. The van der Waals surface area contributed by atoms with E-state index in [1.165, 1.54) is 19.3 Å². The Kier molecular flexibility index (Phi) is 3.57. The molecule has 1 aliphatic carbocycles. The van der Waals surface area contributed by atoms with Gasteiger partial charge in [0.2, 0.25) is 0 Å². The van der Waals surface area contributed by atoms with Gasteiger partial charge in [0.1, 0.15) is 0 Å². The molecule has 0 saturated heterocycles. The van der Waals surface area contributed by atoms with E-state index >= 15 is 0 Å². The van der Waals surface area contributed by atoms with Gasteiger partial charge in [-0.2, -0.15) is 0 Å². The van der Waals surface area contributed by atoms with Crippen LogP contribution in [0.2, 0.25) is 0 Å². The lowest BCUT2D eigenvalue weighted by atomic mass is 9.86. The maximum absolute atomic E-state index is 5.82. The molecule has 1 aliphatic rings. The van der Waals surface area contributed by atoms with Gasteiger partial charge in [-0.15, -0.1) is 0 Å². The molecule has 1 saturated carbocycles. The lowest BCUT2D eigenvalue weighted by Gasteiger charge is -2.34. The van der Waals surface area contributed by atoms with E-state index in [0.29, 0.717) is 5.92 Å². The SMILES string of the molecule is [CH2]C1(OCC(C)C)CCCCC1. The van der Waals surface area contributed by atoms with Crippen LogP contribution in [0.5, 0.6) is 0 Å². The highest BCUT2D eigenvalue weighted by Crippen LogP contribution is 2.30. The molecule has 0 aliphatic heterocycles. The summed E-state index contributed by atoms with van der Waals surface area (Å²) in [6.45, 7) is 9.42. The van der Waals surface area contributed by atoms with E-state index in [4.69, 9.17) is 4.74 Å². The maximum Gasteiger partial charge on any atom is 0.0683 e. The molecule has 1 rings (SSSR count). The van der Waals surface area contributed by atoms with Crippen molar-refractivity contribution in [2.24, 2.45) is 5.92 Å². The number of hydrogen-bond donors (Lipinski definition) is 0. The van der Waals surface area contributed by atoms with Gasteiger partial charge < -0.3 is 4.74 Å². The molecule has 0 spiro atoms. The Bertz CT molecular complexity index is 123. The van der Waals surface area contributed by atoms with Crippen LogP contribution in [0.1, 0.15) is 46.0 Å². The zero-order valence-corrected chi connectivity index (χ0v) is 8.44. The van der Waals surface area contributed by atoms with Crippen molar-refractivity contribution in [1.29, 1.82) is 0 Å². The molecule has 0 aromatic heterocycles. The van der Waals surface area contributed by atoms with Crippen molar-refractivity contribution < 1.29 is 4.74 Å². The topological polar surface area (TPSA) is 9.23 Å². The Labute approximate surface area is 76.5 Å². The Morgan fingerprint density at radius 3 is 2.33 bits per heavy atom. The smallest absolute Gasteiger partial charge is 0.0683 e. The molecule has 0 unspecified atom stereocenters. The van der Waals surface area contributed by atoms with Crippen LogP contribution in [0.25, 0.3) is 0 Å². The van der Waals surface area contributed by atoms with Crippen LogP contribution in [0, 0.1) is 12.8 Å². The highest BCUT2D eigenvalue weighted by molar-refractivity contribution is 4.86. The molecule has 71 valence electrons. The first-order valence-electron chi connectivity index (χ1n) is 5.12. The van der Waals surface area contributed by atoms with Crippen LogP contribution in [-0.4, -0.2) is 12.2 Å². The minimum Gasteiger partial charge on any atom is -0.375 e. The lowest BCUT2D eigenvalue weighted by Crippen LogP contribution is -2.32. The summed E-state index contributed by atoms with van der Waals surface area (Å²) in [5.41, 5.74) is -0.0392. The summed E-state index contributed by atoms with van der Waals surface area (Å²) in [6, 6.07) is 0. The van der Waals surface area contributed by atoms with E-state index in [1.54, 1.807) is 0 Å². The molecular weight excluding hydrogens is 148 g/mol. The molecule has 12 heavy (non-hydrogen) atoms. The lowest BCUT2D eigenvalue weighted by molar-refractivity contribution is -0.0471. The normalized spacial score (nSPS) is 23.0. The number of rotatable bonds is 3. The molecule has 1 heteroatoms. The van der Waals surface area contributed by atoms with Crippen LogP contribution in [0.15, 0.2) is 0 Å². The molecule has 1 fully saturated rings. The molecule has 0 aromatic carbocycles. The second-order valence-corrected chi connectivity index (χ2v) is 4.45. The van der Waals surface area contributed by atoms with Gasteiger partial charge in [-0.25, -0.2) is 0 Å². The van der Waals surface area contributed by atoms with Crippen LogP contribution >= 0.6 is 0 Å². The Balaban J connectivity index is 2.26. The molecule has 0 bridgehead atoms. The second-order valence-electron chi connectivity index (χ2n) is 4.45. The molecule has 1 radical (unpaired) electrons.